The van der Waals surface area contributed by atoms with Gasteiger partial charge in [-0.1, -0.05) is 6.92 Å². The van der Waals surface area contributed by atoms with Crippen molar-refractivity contribution in [3.63, 3.8) is 0 Å². The molecule has 0 amide bonds. The van der Waals surface area contributed by atoms with E-state index in [1.165, 1.54) is 0 Å². The minimum absolute atomic E-state index is 0.0443. The van der Waals surface area contributed by atoms with Crippen molar-refractivity contribution in [2.75, 3.05) is 18.8 Å². The first-order chi connectivity index (χ1) is 6.44. The highest BCUT2D eigenvalue weighted by Gasteiger charge is 2.23. The van der Waals surface area contributed by atoms with Crippen LogP contribution in [0.5, 0.6) is 0 Å². The van der Waals surface area contributed by atoms with Crippen molar-refractivity contribution >= 4 is 16.0 Å². The Balaban J connectivity index is 4.51. The Morgan fingerprint density at radius 3 is 2.50 bits per heavy atom. The predicted octanol–water partition coefficient (Wildman–Crippen LogP) is -0.364. The summed E-state index contributed by atoms with van der Waals surface area (Å²) in [6, 6.07) is 1.80. The van der Waals surface area contributed by atoms with Gasteiger partial charge in [0, 0.05) is 19.5 Å². The Labute approximate surface area is 82.8 Å². The van der Waals surface area contributed by atoms with Crippen molar-refractivity contribution in [3.8, 4) is 6.07 Å². The zero-order chi connectivity index (χ0) is 11.2. The summed E-state index contributed by atoms with van der Waals surface area (Å²) < 4.78 is 23.6. The van der Waals surface area contributed by atoms with Crippen LogP contribution in [0.1, 0.15) is 13.3 Å². The molecule has 0 aromatic rings. The number of carbonyl (C=O) groups is 1. The average molecular weight is 220 g/mol. The molecule has 0 aromatic carbocycles. The van der Waals surface area contributed by atoms with Crippen molar-refractivity contribution in [3.05, 3.63) is 0 Å². The molecular formula is C7H12N2O4S. The second-order valence-corrected chi connectivity index (χ2v) is 4.52. The number of nitrogens with zero attached hydrogens (tertiary/aromatic N) is 2. The summed E-state index contributed by atoms with van der Waals surface area (Å²) in [6.07, 6.45) is 0.0622. The summed E-state index contributed by atoms with van der Waals surface area (Å²) >= 11 is 0. The van der Waals surface area contributed by atoms with Crippen LogP contribution in [0.25, 0.3) is 0 Å². The van der Waals surface area contributed by atoms with Gasteiger partial charge in [-0.2, -0.15) is 5.26 Å². The van der Waals surface area contributed by atoms with Gasteiger partial charge in [0.2, 0.25) is 10.0 Å². The molecule has 0 aliphatic heterocycles. The van der Waals surface area contributed by atoms with E-state index in [1.807, 2.05) is 0 Å². The summed E-state index contributed by atoms with van der Waals surface area (Å²) in [5.41, 5.74) is 0. The number of sulfonamides is 1. The van der Waals surface area contributed by atoms with Crippen LogP contribution in [0.3, 0.4) is 0 Å². The van der Waals surface area contributed by atoms with Crippen LogP contribution >= 0.6 is 0 Å². The van der Waals surface area contributed by atoms with E-state index in [2.05, 4.69) is 0 Å². The summed E-state index contributed by atoms with van der Waals surface area (Å²) in [4.78, 5) is 10.2. The minimum Gasteiger partial charge on any atom is -0.480 e. The third-order valence-corrected chi connectivity index (χ3v) is 3.36. The molecule has 0 atom stereocenters. The highest BCUT2D eigenvalue weighted by atomic mass is 32.2. The fourth-order valence-corrected chi connectivity index (χ4v) is 2.17. The number of aliphatic carboxylic acids is 1. The Morgan fingerprint density at radius 2 is 2.14 bits per heavy atom. The minimum atomic E-state index is -3.76. The van der Waals surface area contributed by atoms with E-state index in [-0.39, 0.29) is 19.5 Å². The Bertz CT molecular complexity index is 330. The second kappa shape index (κ2) is 5.57. The molecule has 80 valence electrons. The first-order valence-corrected chi connectivity index (χ1v) is 5.61. The van der Waals surface area contributed by atoms with Crippen molar-refractivity contribution in [1.29, 1.82) is 5.26 Å². The molecule has 0 bridgehead atoms. The molecule has 14 heavy (non-hydrogen) atoms. The molecule has 0 spiro atoms. The van der Waals surface area contributed by atoms with Crippen LogP contribution in [0.15, 0.2) is 0 Å². The third-order valence-electron chi connectivity index (χ3n) is 1.52. The largest absolute Gasteiger partial charge is 0.480 e. The van der Waals surface area contributed by atoms with Crippen molar-refractivity contribution in [1.82, 2.24) is 4.31 Å². The van der Waals surface area contributed by atoms with Gasteiger partial charge < -0.3 is 5.11 Å². The van der Waals surface area contributed by atoms with Gasteiger partial charge in [-0.3, -0.25) is 4.79 Å². The van der Waals surface area contributed by atoms with Crippen LogP contribution in [-0.2, 0) is 14.8 Å². The number of hydrogen-bond donors (Lipinski definition) is 1. The van der Waals surface area contributed by atoms with Gasteiger partial charge in [0.25, 0.3) is 0 Å². The van der Waals surface area contributed by atoms with Gasteiger partial charge >= 0.3 is 5.97 Å². The summed E-state index contributed by atoms with van der Waals surface area (Å²) in [7, 11) is -3.76. The number of rotatable bonds is 6. The zero-order valence-electron chi connectivity index (χ0n) is 7.80. The molecule has 0 unspecified atom stereocenters. The SMILES string of the molecule is CCN(CCC#N)S(=O)(=O)CC(=O)O. The van der Waals surface area contributed by atoms with E-state index < -0.39 is 21.7 Å². The fourth-order valence-electron chi connectivity index (χ4n) is 0.916. The molecule has 7 heteroatoms. The summed E-state index contributed by atoms with van der Waals surface area (Å²) in [5.74, 6) is -2.31. The molecule has 0 heterocycles. The molecular weight excluding hydrogens is 208 g/mol. The van der Waals surface area contributed by atoms with Gasteiger partial charge in [-0.05, 0) is 0 Å². The maximum atomic E-state index is 11.3. The van der Waals surface area contributed by atoms with E-state index in [1.54, 1.807) is 13.0 Å². The highest BCUT2D eigenvalue weighted by Crippen LogP contribution is 2.02. The van der Waals surface area contributed by atoms with Crippen LogP contribution < -0.4 is 0 Å². The number of carboxylic acid groups (broad SMARTS) is 1. The summed E-state index contributed by atoms with van der Waals surface area (Å²) in [5, 5.41) is 16.6. The Hall–Kier alpha value is -1.13. The molecule has 0 aromatic heterocycles. The van der Waals surface area contributed by atoms with E-state index in [0.717, 1.165) is 4.31 Å². The number of nitriles is 1. The van der Waals surface area contributed by atoms with Crippen molar-refractivity contribution in [2.24, 2.45) is 0 Å². The van der Waals surface area contributed by atoms with Crippen LogP contribution in [-0.4, -0.2) is 42.6 Å². The maximum Gasteiger partial charge on any atom is 0.320 e. The fraction of sp³-hybridized carbons (Fsp3) is 0.714. The van der Waals surface area contributed by atoms with E-state index in [0.29, 0.717) is 0 Å². The van der Waals surface area contributed by atoms with Crippen LogP contribution in [0.4, 0.5) is 0 Å². The van der Waals surface area contributed by atoms with Gasteiger partial charge in [0.05, 0.1) is 6.07 Å². The van der Waals surface area contributed by atoms with Gasteiger partial charge in [0.1, 0.15) is 0 Å². The molecule has 0 aliphatic carbocycles. The van der Waals surface area contributed by atoms with E-state index >= 15 is 0 Å². The molecule has 0 saturated carbocycles. The Kier molecular flexibility index (Phi) is 5.12. The van der Waals surface area contributed by atoms with Gasteiger partial charge in [0.15, 0.2) is 5.75 Å². The number of carboxylic acids is 1. The van der Waals surface area contributed by atoms with E-state index in [9.17, 15) is 13.2 Å². The topological polar surface area (TPSA) is 98.5 Å². The second-order valence-electron chi connectivity index (χ2n) is 2.55. The highest BCUT2D eigenvalue weighted by molar-refractivity contribution is 7.89. The molecule has 6 nitrogen and oxygen atoms in total. The lowest BCUT2D eigenvalue weighted by atomic mass is 10.5. The monoisotopic (exact) mass is 220 g/mol. The van der Waals surface area contributed by atoms with Crippen molar-refractivity contribution in [2.45, 2.75) is 13.3 Å². The molecule has 0 saturated heterocycles. The lowest BCUT2D eigenvalue weighted by Crippen LogP contribution is -2.35. The van der Waals surface area contributed by atoms with Crippen LogP contribution in [0, 0.1) is 11.3 Å². The zero-order valence-corrected chi connectivity index (χ0v) is 8.62. The normalized spacial score (nSPS) is 11.2. The lowest BCUT2D eigenvalue weighted by molar-refractivity contribution is -0.134. The maximum absolute atomic E-state index is 11.3. The first kappa shape index (κ1) is 12.9. The molecule has 0 radical (unpaired) electrons. The van der Waals surface area contributed by atoms with E-state index in [4.69, 9.17) is 10.4 Å². The number of hydrogen-bond acceptors (Lipinski definition) is 4. The molecule has 0 rings (SSSR count). The lowest BCUT2D eigenvalue weighted by Gasteiger charge is -2.17. The smallest absolute Gasteiger partial charge is 0.320 e. The van der Waals surface area contributed by atoms with Gasteiger partial charge in [-0.25, -0.2) is 12.7 Å². The summed E-state index contributed by atoms with van der Waals surface area (Å²) in [6.45, 7) is 1.82. The quantitative estimate of drug-likeness (QED) is 0.658. The predicted molar refractivity (Wildman–Crippen MR) is 48.9 cm³/mol. The molecule has 0 fully saturated rings. The van der Waals surface area contributed by atoms with Crippen molar-refractivity contribution < 1.29 is 18.3 Å². The Morgan fingerprint density at radius 1 is 1.57 bits per heavy atom. The first-order valence-electron chi connectivity index (χ1n) is 4.00. The third kappa shape index (κ3) is 4.20. The molecule has 1 N–H and O–H groups in total. The van der Waals surface area contributed by atoms with Crippen LogP contribution in [0.2, 0.25) is 0 Å². The molecule has 0 aliphatic rings. The van der Waals surface area contributed by atoms with Gasteiger partial charge in [-0.15, -0.1) is 0 Å². The standard InChI is InChI=1S/C7H12N2O4S/c1-2-9(5-3-4-8)14(12,13)6-7(10)11/h2-3,5-6H2,1H3,(H,10,11). The average Bonchev–Trinajstić information content (AvgIpc) is 2.02.